The van der Waals surface area contributed by atoms with E-state index in [0.29, 0.717) is 12.4 Å². The number of benzene rings is 1. The van der Waals surface area contributed by atoms with Gasteiger partial charge in [0, 0.05) is 24.6 Å². The Hall–Kier alpha value is -2.08. The predicted molar refractivity (Wildman–Crippen MR) is 77.7 cm³/mol. The molecule has 0 saturated carbocycles. The average molecular weight is 292 g/mol. The Bertz CT molecular complexity index is 699. The summed E-state index contributed by atoms with van der Waals surface area (Å²) < 4.78 is 28.6. The predicted octanol–water partition coefficient (Wildman–Crippen LogP) is 2.11. The van der Waals surface area contributed by atoms with Crippen LogP contribution in [-0.4, -0.2) is 26.8 Å². The van der Waals surface area contributed by atoms with E-state index in [2.05, 4.69) is 10.3 Å². The lowest BCUT2D eigenvalue weighted by Gasteiger charge is -2.11. The molecular weight excluding hydrogens is 276 g/mol. The van der Waals surface area contributed by atoms with E-state index in [1.165, 1.54) is 6.07 Å². The van der Waals surface area contributed by atoms with Gasteiger partial charge in [-0.05, 0) is 18.2 Å². The van der Waals surface area contributed by atoms with Gasteiger partial charge in [0.1, 0.15) is 16.5 Å². The fourth-order valence-corrected chi connectivity index (χ4v) is 2.65. The third-order valence-corrected chi connectivity index (χ3v) is 3.94. The Morgan fingerprint density at radius 2 is 1.95 bits per heavy atom. The number of sulfone groups is 1. The number of aromatic nitrogens is 1. The quantitative estimate of drug-likeness (QED) is 0.914. The highest BCUT2D eigenvalue weighted by atomic mass is 32.2. The van der Waals surface area contributed by atoms with Crippen molar-refractivity contribution in [1.29, 1.82) is 0 Å². The average Bonchev–Trinajstić information content (AvgIpc) is 2.44. The van der Waals surface area contributed by atoms with Crippen molar-refractivity contribution in [1.82, 2.24) is 4.98 Å². The number of methoxy groups -OCH3 is 1. The van der Waals surface area contributed by atoms with Gasteiger partial charge in [0.25, 0.3) is 0 Å². The van der Waals surface area contributed by atoms with Crippen LogP contribution in [0.2, 0.25) is 0 Å². The van der Waals surface area contributed by atoms with Crippen molar-refractivity contribution in [2.24, 2.45) is 0 Å². The molecule has 0 aliphatic rings. The molecule has 1 N–H and O–H groups in total. The Kier molecular flexibility index (Phi) is 4.24. The summed E-state index contributed by atoms with van der Waals surface area (Å²) in [7, 11) is -1.71. The summed E-state index contributed by atoms with van der Waals surface area (Å²) in [5.74, 6) is 1.10. The molecule has 0 bridgehead atoms. The highest BCUT2D eigenvalue weighted by molar-refractivity contribution is 7.90. The monoisotopic (exact) mass is 292 g/mol. The molecule has 6 heteroatoms. The van der Waals surface area contributed by atoms with E-state index in [0.717, 1.165) is 17.6 Å². The molecule has 0 spiro atoms. The Morgan fingerprint density at radius 3 is 2.65 bits per heavy atom. The number of pyridine rings is 1. The van der Waals surface area contributed by atoms with Gasteiger partial charge in [-0.15, -0.1) is 0 Å². The van der Waals surface area contributed by atoms with Crippen LogP contribution in [0.3, 0.4) is 0 Å². The normalized spacial score (nSPS) is 11.1. The molecule has 0 radical (unpaired) electrons. The zero-order chi connectivity index (χ0) is 14.6. The number of nitrogens with one attached hydrogen (secondary N) is 1. The van der Waals surface area contributed by atoms with Gasteiger partial charge in [0.05, 0.1) is 7.11 Å². The van der Waals surface area contributed by atoms with Gasteiger partial charge in [-0.1, -0.05) is 18.2 Å². The zero-order valence-electron chi connectivity index (χ0n) is 11.3. The van der Waals surface area contributed by atoms with Crippen LogP contribution in [0.25, 0.3) is 0 Å². The standard InChI is InChI=1S/C14H16N2O3S/c1-19-12-7-4-3-6-11(12)10-16-14-13(20(2,17)18)8-5-9-15-14/h3-9H,10H2,1-2H3,(H,15,16). The molecule has 1 aromatic carbocycles. The molecule has 0 saturated heterocycles. The highest BCUT2D eigenvalue weighted by Crippen LogP contribution is 2.21. The first kappa shape index (κ1) is 14.3. The Morgan fingerprint density at radius 1 is 1.20 bits per heavy atom. The number of hydrogen-bond donors (Lipinski definition) is 1. The van der Waals surface area contributed by atoms with Crippen LogP contribution in [0.1, 0.15) is 5.56 Å². The number of para-hydroxylation sites is 1. The number of anilines is 1. The fourth-order valence-electron chi connectivity index (χ4n) is 1.85. The van der Waals surface area contributed by atoms with E-state index in [1.807, 2.05) is 24.3 Å². The first-order valence-electron chi connectivity index (χ1n) is 6.03. The van der Waals surface area contributed by atoms with E-state index in [-0.39, 0.29) is 4.90 Å². The van der Waals surface area contributed by atoms with Gasteiger partial charge in [-0.3, -0.25) is 0 Å². The van der Waals surface area contributed by atoms with Crippen LogP contribution in [-0.2, 0) is 16.4 Å². The molecule has 0 atom stereocenters. The van der Waals surface area contributed by atoms with Crippen molar-refractivity contribution in [3.05, 3.63) is 48.2 Å². The maximum atomic E-state index is 11.7. The summed E-state index contributed by atoms with van der Waals surface area (Å²) in [6.45, 7) is 0.434. The maximum absolute atomic E-state index is 11.7. The van der Waals surface area contributed by atoms with Crippen molar-refractivity contribution in [3.63, 3.8) is 0 Å². The van der Waals surface area contributed by atoms with Gasteiger partial charge in [-0.2, -0.15) is 0 Å². The molecule has 20 heavy (non-hydrogen) atoms. The van der Waals surface area contributed by atoms with Gasteiger partial charge in [-0.25, -0.2) is 13.4 Å². The second-order valence-corrected chi connectivity index (χ2v) is 6.27. The molecule has 0 unspecified atom stereocenters. The summed E-state index contributed by atoms with van der Waals surface area (Å²) in [6, 6.07) is 10.7. The summed E-state index contributed by atoms with van der Waals surface area (Å²) in [5, 5.41) is 3.04. The number of rotatable bonds is 5. The van der Waals surface area contributed by atoms with Crippen molar-refractivity contribution in [2.75, 3.05) is 18.7 Å². The molecular formula is C14H16N2O3S. The SMILES string of the molecule is COc1ccccc1CNc1ncccc1S(C)(=O)=O. The van der Waals surface area contributed by atoms with E-state index < -0.39 is 9.84 Å². The maximum Gasteiger partial charge on any atom is 0.179 e. The largest absolute Gasteiger partial charge is 0.496 e. The van der Waals surface area contributed by atoms with E-state index in [9.17, 15) is 8.42 Å². The number of hydrogen-bond acceptors (Lipinski definition) is 5. The second-order valence-electron chi connectivity index (χ2n) is 4.29. The summed E-state index contributed by atoms with van der Waals surface area (Å²) in [4.78, 5) is 4.27. The lowest BCUT2D eigenvalue weighted by Crippen LogP contribution is -2.08. The molecule has 0 aliphatic carbocycles. The topological polar surface area (TPSA) is 68.3 Å². The van der Waals surface area contributed by atoms with E-state index in [4.69, 9.17) is 4.74 Å². The van der Waals surface area contributed by atoms with Gasteiger partial charge >= 0.3 is 0 Å². The van der Waals surface area contributed by atoms with Crippen molar-refractivity contribution in [3.8, 4) is 5.75 Å². The number of nitrogens with zero attached hydrogens (tertiary/aromatic N) is 1. The van der Waals surface area contributed by atoms with Crippen LogP contribution < -0.4 is 10.1 Å². The summed E-state index contributed by atoms with van der Waals surface area (Å²) >= 11 is 0. The molecule has 106 valence electrons. The molecule has 0 fully saturated rings. The van der Waals surface area contributed by atoms with Crippen molar-refractivity contribution >= 4 is 15.7 Å². The van der Waals surface area contributed by atoms with Crippen molar-refractivity contribution < 1.29 is 13.2 Å². The first-order chi connectivity index (χ1) is 9.52. The minimum absolute atomic E-state index is 0.190. The molecule has 2 aromatic rings. The van der Waals surface area contributed by atoms with E-state index in [1.54, 1.807) is 19.4 Å². The van der Waals surface area contributed by atoms with Crippen LogP contribution in [0.15, 0.2) is 47.5 Å². The summed E-state index contributed by atoms with van der Waals surface area (Å²) in [5.41, 5.74) is 0.931. The lowest BCUT2D eigenvalue weighted by molar-refractivity contribution is 0.410. The smallest absolute Gasteiger partial charge is 0.179 e. The third-order valence-electron chi connectivity index (χ3n) is 2.81. The minimum atomic E-state index is -3.31. The number of ether oxygens (including phenoxy) is 1. The molecule has 5 nitrogen and oxygen atoms in total. The van der Waals surface area contributed by atoms with Crippen LogP contribution in [0, 0.1) is 0 Å². The van der Waals surface area contributed by atoms with Gasteiger partial charge in [0.15, 0.2) is 9.84 Å². The molecule has 1 heterocycles. The zero-order valence-corrected chi connectivity index (χ0v) is 12.1. The fraction of sp³-hybridized carbons (Fsp3) is 0.214. The summed E-state index contributed by atoms with van der Waals surface area (Å²) in [6.07, 6.45) is 2.72. The van der Waals surface area contributed by atoms with Crippen LogP contribution in [0.4, 0.5) is 5.82 Å². The Labute approximate surface area is 118 Å². The van der Waals surface area contributed by atoms with Crippen LogP contribution >= 0.6 is 0 Å². The van der Waals surface area contributed by atoms with Crippen molar-refractivity contribution in [2.45, 2.75) is 11.4 Å². The lowest BCUT2D eigenvalue weighted by atomic mass is 10.2. The van der Waals surface area contributed by atoms with Crippen LogP contribution in [0.5, 0.6) is 5.75 Å². The highest BCUT2D eigenvalue weighted by Gasteiger charge is 2.14. The van der Waals surface area contributed by atoms with E-state index >= 15 is 0 Å². The third kappa shape index (κ3) is 3.27. The molecule has 1 aromatic heterocycles. The minimum Gasteiger partial charge on any atom is -0.496 e. The molecule has 2 rings (SSSR count). The first-order valence-corrected chi connectivity index (χ1v) is 7.92. The molecule has 0 aliphatic heterocycles. The van der Waals surface area contributed by atoms with Gasteiger partial charge < -0.3 is 10.1 Å². The van der Waals surface area contributed by atoms with Gasteiger partial charge in [0.2, 0.25) is 0 Å². The Balaban J connectivity index is 2.24. The molecule has 0 amide bonds. The second kappa shape index (κ2) is 5.92.